The molecule has 1 unspecified atom stereocenters. The number of hydrazine groups is 1. The lowest BCUT2D eigenvalue weighted by Crippen LogP contribution is -2.30. The zero-order valence-corrected chi connectivity index (χ0v) is 11.6. The van der Waals surface area contributed by atoms with E-state index in [0.717, 1.165) is 28.8 Å². The summed E-state index contributed by atoms with van der Waals surface area (Å²) >= 11 is 0. The van der Waals surface area contributed by atoms with E-state index in [1.165, 1.54) is 6.07 Å². The van der Waals surface area contributed by atoms with Crippen LogP contribution in [-0.2, 0) is 6.42 Å². The van der Waals surface area contributed by atoms with Gasteiger partial charge in [-0.15, -0.1) is 0 Å². The van der Waals surface area contributed by atoms with Gasteiger partial charge in [0.2, 0.25) is 0 Å². The summed E-state index contributed by atoms with van der Waals surface area (Å²) in [4.78, 5) is 0. The summed E-state index contributed by atoms with van der Waals surface area (Å²) in [6, 6.07) is 9.19. The van der Waals surface area contributed by atoms with E-state index in [2.05, 4.69) is 5.43 Å². The Labute approximate surface area is 117 Å². The van der Waals surface area contributed by atoms with E-state index in [1.807, 2.05) is 32.0 Å². The molecule has 0 aromatic heterocycles. The number of hydrogen-bond donors (Lipinski definition) is 2. The molecule has 0 fully saturated rings. The molecular formula is C16H18F2N2. The van der Waals surface area contributed by atoms with E-state index in [1.54, 1.807) is 0 Å². The van der Waals surface area contributed by atoms with Crippen molar-refractivity contribution in [2.75, 3.05) is 0 Å². The third-order valence-corrected chi connectivity index (χ3v) is 3.43. The molecule has 2 rings (SSSR count). The average Bonchev–Trinajstić information content (AvgIpc) is 2.40. The fraction of sp³-hybridized carbons (Fsp3) is 0.250. The topological polar surface area (TPSA) is 38.0 Å². The molecule has 0 saturated carbocycles. The summed E-state index contributed by atoms with van der Waals surface area (Å²) in [7, 11) is 0. The van der Waals surface area contributed by atoms with E-state index < -0.39 is 11.6 Å². The molecule has 0 heterocycles. The number of nitrogens with one attached hydrogen (secondary N) is 1. The van der Waals surface area contributed by atoms with Crippen LogP contribution in [0.3, 0.4) is 0 Å². The van der Waals surface area contributed by atoms with E-state index in [9.17, 15) is 8.78 Å². The minimum absolute atomic E-state index is 0.258. The van der Waals surface area contributed by atoms with Crippen LogP contribution in [0.4, 0.5) is 8.78 Å². The summed E-state index contributed by atoms with van der Waals surface area (Å²) in [5.74, 6) is 4.72. The predicted molar refractivity (Wildman–Crippen MR) is 76.0 cm³/mol. The van der Waals surface area contributed by atoms with Crippen molar-refractivity contribution >= 4 is 0 Å². The van der Waals surface area contributed by atoms with Crippen molar-refractivity contribution in [3.8, 4) is 0 Å². The van der Waals surface area contributed by atoms with Gasteiger partial charge in [-0.1, -0.05) is 23.8 Å². The standard InChI is InChI=1S/C16H18F2N2/c1-10-3-5-14(11(2)7-10)16(20-19)9-12-8-13(17)4-6-15(12)18/h3-8,16,20H,9,19H2,1-2H3. The SMILES string of the molecule is Cc1ccc(C(Cc2cc(F)ccc2F)NN)c(C)c1. The molecule has 3 N–H and O–H groups in total. The first-order chi connectivity index (χ1) is 9.51. The fourth-order valence-electron chi connectivity index (χ4n) is 2.39. The number of nitrogens with two attached hydrogens (primary N) is 1. The molecule has 4 heteroatoms. The molecule has 2 aromatic rings. The Morgan fingerprint density at radius 1 is 1.10 bits per heavy atom. The third-order valence-electron chi connectivity index (χ3n) is 3.43. The van der Waals surface area contributed by atoms with Gasteiger partial charge in [-0.3, -0.25) is 11.3 Å². The molecular weight excluding hydrogens is 258 g/mol. The number of hydrogen-bond acceptors (Lipinski definition) is 2. The molecule has 0 radical (unpaired) electrons. The lowest BCUT2D eigenvalue weighted by atomic mass is 9.94. The van der Waals surface area contributed by atoms with Crippen LogP contribution in [0, 0.1) is 25.5 Å². The second-order valence-electron chi connectivity index (χ2n) is 5.02. The second kappa shape index (κ2) is 6.11. The highest BCUT2D eigenvalue weighted by Crippen LogP contribution is 2.23. The maximum absolute atomic E-state index is 13.7. The Morgan fingerprint density at radius 3 is 2.50 bits per heavy atom. The lowest BCUT2D eigenvalue weighted by molar-refractivity contribution is 0.521. The van der Waals surface area contributed by atoms with Crippen molar-refractivity contribution in [2.45, 2.75) is 26.3 Å². The van der Waals surface area contributed by atoms with E-state index in [-0.39, 0.29) is 6.04 Å². The van der Waals surface area contributed by atoms with Gasteiger partial charge < -0.3 is 0 Å². The Balaban J connectivity index is 2.31. The van der Waals surface area contributed by atoms with Crippen LogP contribution in [0.2, 0.25) is 0 Å². The van der Waals surface area contributed by atoms with Gasteiger partial charge in [0.15, 0.2) is 0 Å². The van der Waals surface area contributed by atoms with Gasteiger partial charge in [0, 0.05) is 0 Å². The van der Waals surface area contributed by atoms with Crippen molar-refractivity contribution in [3.63, 3.8) is 0 Å². The molecule has 20 heavy (non-hydrogen) atoms. The van der Waals surface area contributed by atoms with Crippen LogP contribution in [0.15, 0.2) is 36.4 Å². The monoisotopic (exact) mass is 276 g/mol. The molecule has 0 amide bonds. The zero-order chi connectivity index (χ0) is 14.7. The Kier molecular flexibility index (Phi) is 4.47. The fourth-order valence-corrected chi connectivity index (χ4v) is 2.39. The number of aryl methyl sites for hydroxylation is 2. The molecule has 0 aliphatic heterocycles. The summed E-state index contributed by atoms with van der Waals surface area (Å²) < 4.78 is 26.9. The van der Waals surface area contributed by atoms with Crippen molar-refractivity contribution in [1.82, 2.24) is 5.43 Å². The maximum Gasteiger partial charge on any atom is 0.126 e. The van der Waals surface area contributed by atoms with Gasteiger partial charge in [0.05, 0.1) is 6.04 Å². The molecule has 0 spiro atoms. The smallest absolute Gasteiger partial charge is 0.126 e. The summed E-state index contributed by atoms with van der Waals surface area (Å²) in [6.07, 6.45) is 0.296. The molecule has 2 nitrogen and oxygen atoms in total. The van der Waals surface area contributed by atoms with Crippen LogP contribution < -0.4 is 11.3 Å². The van der Waals surface area contributed by atoms with Crippen LogP contribution in [0.5, 0.6) is 0 Å². The molecule has 0 bridgehead atoms. The largest absolute Gasteiger partial charge is 0.271 e. The normalized spacial score (nSPS) is 12.4. The minimum Gasteiger partial charge on any atom is -0.271 e. The van der Waals surface area contributed by atoms with Crippen molar-refractivity contribution in [2.24, 2.45) is 5.84 Å². The second-order valence-corrected chi connectivity index (χ2v) is 5.02. The van der Waals surface area contributed by atoms with Gasteiger partial charge in [-0.05, 0) is 55.2 Å². The average molecular weight is 276 g/mol. The summed E-state index contributed by atoms with van der Waals surface area (Å²) in [5.41, 5.74) is 6.21. The van der Waals surface area contributed by atoms with E-state index in [4.69, 9.17) is 5.84 Å². The highest BCUT2D eigenvalue weighted by atomic mass is 19.1. The highest BCUT2D eigenvalue weighted by Gasteiger charge is 2.15. The quantitative estimate of drug-likeness (QED) is 0.664. The zero-order valence-electron chi connectivity index (χ0n) is 11.6. The van der Waals surface area contributed by atoms with Gasteiger partial charge in [-0.25, -0.2) is 8.78 Å². The van der Waals surface area contributed by atoms with Crippen molar-refractivity contribution in [3.05, 3.63) is 70.3 Å². The van der Waals surface area contributed by atoms with Crippen LogP contribution >= 0.6 is 0 Å². The number of rotatable bonds is 4. The molecule has 0 saturated heterocycles. The first-order valence-corrected chi connectivity index (χ1v) is 6.48. The molecule has 0 aliphatic rings. The van der Waals surface area contributed by atoms with Crippen molar-refractivity contribution < 1.29 is 8.78 Å². The number of halogens is 2. The van der Waals surface area contributed by atoms with E-state index >= 15 is 0 Å². The Morgan fingerprint density at radius 2 is 1.85 bits per heavy atom. The molecule has 0 aliphatic carbocycles. The Bertz CT molecular complexity index is 611. The van der Waals surface area contributed by atoms with Gasteiger partial charge in [0.25, 0.3) is 0 Å². The lowest BCUT2D eigenvalue weighted by Gasteiger charge is -2.19. The molecule has 1 atom stereocenters. The van der Waals surface area contributed by atoms with Crippen LogP contribution in [0.25, 0.3) is 0 Å². The van der Waals surface area contributed by atoms with Crippen LogP contribution in [0.1, 0.15) is 28.3 Å². The van der Waals surface area contributed by atoms with Gasteiger partial charge in [-0.2, -0.15) is 0 Å². The highest BCUT2D eigenvalue weighted by molar-refractivity contribution is 5.34. The Hall–Kier alpha value is -1.78. The van der Waals surface area contributed by atoms with Crippen molar-refractivity contribution in [1.29, 1.82) is 0 Å². The van der Waals surface area contributed by atoms with E-state index in [0.29, 0.717) is 12.0 Å². The van der Waals surface area contributed by atoms with Crippen LogP contribution in [-0.4, -0.2) is 0 Å². The van der Waals surface area contributed by atoms with Gasteiger partial charge in [0.1, 0.15) is 11.6 Å². The summed E-state index contributed by atoms with van der Waals surface area (Å²) in [5, 5.41) is 0. The molecule has 106 valence electrons. The maximum atomic E-state index is 13.7. The third kappa shape index (κ3) is 3.21. The molecule has 2 aromatic carbocycles. The minimum atomic E-state index is -0.446. The first-order valence-electron chi connectivity index (χ1n) is 6.48. The predicted octanol–water partition coefficient (Wildman–Crippen LogP) is 3.33. The summed E-state index contributed by atoms with van der Waals surface area (Å²) in [6.45, 7) is 3.99. The number of benzene rings is 2. The first kappa shape index (κ1) is 14.6. The van der Waals surface area contributed by atoms with Gasteiger partial charge >= 0.3 is 0 Å².